The van der Waals surface area contributed by atoms with E-state index in [0.717, 1.165) is 40.1 Å². The Balaban J connectivity index is 0.000000188. The number of aromatic hydroxyl groups is 3. The zero-order valence-electron chi connectivity index (χ0n) is 42.3. The SMILES string of the molecule is COc1ccc(NC(=O)Nc2ccc(C(C)C)cc2O)c(OC)c1.COc1ccc(NC(=O)Nc2cccc(-c3ccccc3)c2O)c(OC)c1.O=C(Nc1cc2ccccc2cc1O)Nc1cc(C(F)(F)F)ccc1Cl. The number of benzene rings is 8. The molecule has 0 aliphatic carbocycles. The number of ether oxygens (including phenoxy) is 4. The van der Waals surface area contributed by atoms with Crippen LogP contribution in [-0.2, 0) is 6.18 Å². The van der Waals surface area contributed by atoms with Crippen LogP contribution in [0.5, 0.6) is 40.2 Å². The largest absolute Gasteiger partial charge is 0.506 e. The average molecular weight is 1080 g/mol. The molecule has 400 valence electrons. The van der Waals surface area contributed by atoms with Crippen molar-refractivity contribution >= 4 is 74.6 Å². The summed E-state index contributed by atoms with van der Waals surface area (Å²) in [5.41, 5.74) is 3.09. The van der Waals surface area contributed by atoms with Crippen LogP contribution in [0.25, 0.3) is 21.9 Å². The second-order valence-corrected chi connectivity index (χ2v) is 17.2. The van der Waals surface area contributed by atoms with Gasteiger partial charge in [-0.15, -0.1) is 0 Å². The smallest absolute Gasteiger partial charge is 0.416 e. The van der Waals surface area contributed by atoms with Crippen LogP contribution >= 0.6 is 11.6 Å². The molecular weight excluding hydrogens is 1020 g/mol. The summed E-state index contributed by atoms with van der Waals surface area (Å²) in [6, 6.07) is 41.0. The molecule has 9 N–H and O–H groups in total. The quantitative estimate of drug-likeness (QED) is 0.0527. The molecule has 16 nitrogen and oxygen atoms in total. The highest BCUT2D eigenvalue weighted by atomic mass is 35.5. The maximum atomic E-state index is 12.8. The molecule has 0 saturated carbocycles. The van der Waals surface area contributed by atoms with Crippen LogP contribution in [0, 0.1) is 0 Å². The van der Waals surface area contributed by atoms with Crippen molar-refractivity contribution in [2.75, 3.05) is 60.3 Å². The van der Waals surface area contributed by atoms with Gasteiger partial charge < -0.3 is 66.2 Å². The molecule has 0 atom stereocenters. The molecule has 77 heavy (non-hydrogen) atoms. The zero-order valence-corrected chi connectivity index (χ0v) is 43.1. The molecule has 0 unspecified atom stereocenters. The molecule has 0 aliphatic rings. The number of urea groups is 3. The number of rotatable bonds is 12. The molecule has 0 aromatic heterocycles. The summed E-state index contributed by atoms with van der Waals surface area (Å²) in [6.07, 6.45) is -4.56. The van der Waals surface area contributed by atoms with E-state index in [2.05, 4.69) is 31.9 Å². The fraction of sp³-hybridized carbons (Fsp3) is 0.140. The molecule has 20 heteroatoms. The number of methoxy groups -OCH3 is 4. The summed E-state index contributed by atoms with van der Waals surface area (Å²) in [7, 11) is 6.12. The van der Waals surface area contributed by atoms with Gasteiger partial charge in [0.15, 0.2) is 0 Å². The fourth-order valence-electron chi connectivity index (χ4n) is 7.27. The number of halogens is 4. The van der Waals surface area contributed by atoms with Gasteiger partial charge in [0.1, 0.15) is 40.2 Å². The van der Waals surface area contributed by atoms with Crippen LogP contribution in [0.15, 0.2) is 158 Å². The highest BCUT2D eigenvalue weighted by molar-refractivity contribution is 6.33. The number of fused-ring (bicyclic) bond motifs is 1. The fourth-order valence-corrected chi connectivity index (χ4v) is 7.43. The number of amides is 6. The van der Waals surface area contributed by atoms with Crippen molar-refractivity contribution in [3.8, 4) is 51.4 Å². The van der Waals surface area contributed by atoms with Gasteiger partial charge in [0.05, 0.1) is 73.1 Å². The topological polar surface area (TPSA) is 221 Å². The van der Waals surface area contributed by atoms with Crippen LogP contribution in [0.3, 0.4) is 0 Å². The Bertz CT molecular complexity index is 3370. The standard InChI is InChI=1S/C21H20N2O4.C18H12ClF3N2O2.C18H22N2O4/c1-26-15-11-12-17(19(13-15)27-2)22-21(25)23-18-10-6-9-16(20(18)24)14-7-4-3-5-8-14;19-13-6-5-12(18(20,21)22)9-14(13)23-17(26)24-15-7-10-3-1-2-4-11(10)8-16(15)25;1-11(2)12-5-7-14(16(21)9-12)19-18(22)20-15-8-6-13(23-3)10-17(15)24-4/h3-13,24H,1-2H3,(H2,22,23,25);1-9,25H,(H2,23,24,26);5-11,21H,1-4H3,(H2,19,20,22). The van der Waals surface area contributed by atoms with E-state index in [1.807, 2.05) is 50.2 Å². The van der Waals surface area contributed by atoms with Crippen LogP contribution in [-0.4, -0.2) is 61.9 Å². The Morgan fingerprint density at radius 1 is 0.481 bits per heavy atom. The van der Waals surface area contributed by atoms with Crippen LogP contribution in [0.4, 0.5) is 61.7 Å². The van der Waals surface area contributed by atoms with Crippen LogP contribution in [0.2, 0.25) is 5.02 Å². The summed E-state index contributed by atoms with van der Waals surface area (Å²) < 4.78 is 59.1. The van der Waals surface area contributed by atoms with Crippen LogP contribution < -0.4 is 50.8 Å². The molecule has 0 aliphatic heterocycles. The van der Waals surface area contributed by atoms with Crippen molar-refractivity contribution in [3.05, 3.63) is 174 Å². The summed E-state index contributed by atoms with van der Waals surface area (Å²) in [6.45, 7) is 4.06. The zero-order chi connectivity index (χ0) is 55.8. The summed E-state index contributed by atoms with van der Waals surface area (Å²) >= 11 is 5.84. The molecule has 0 fully saturated rings. The van der Waals surface area contributed by atoms with E-state index in [9.17, 15) is 42.9 Å². The van der Waals surface area contributed by atoms with E-state index in [-0.39, 0.29) is 33.6 Å². The van der Waals surface area contributed by atoms with Gasteiger partial charge in [-0.3, -0.25) is 0 Å². The van der Waals surface area contributed by atoms with Crippen molar-refractivity contribution in [2.45, 2.75) is 25.9 Å². The van der Waals surface area contributed by atoms with E-state index in [0.29, 0.717) is 57.2 Å². The molecular formula is C57H54ClF3N6O10. The Labute approximate surface area is 446 Å². The van der Waals surface area contributed by atoms with Crippen molar-refractivity contribution in [1.82, 2.24) is 0 Å². The minimum absolute atomic E-state index is 0.000505. The first-order chi connectivity index (χ1) is 36.8. The van der Waals surface area contributed by atoms with Gasteiger partial charge in [-0.05, 0) is 101 Å². The molecule has 8 aromatic carbocycles. The molecule has 8 rings (SSSR count). The average Bonchev–Trinajstić information content (AvgIpc) is 3.41. The lowest BCUT2D eigenvalue weighted by atomic mass is 10.0. The number of alkyl halides is 3. The Kier molecular flexibility index (Phi) is 19.3. The van der Waals surface area contributed by atoms with Crippen molar-refractivity contribution in [3.63, 3.8) is 0 Å². The summed E-state index contributed by atoms with van der Waals surface area (Å²) in [5.74, 6) is 2.33. The van der Waals surface area contributed by atoms with E-state index in [4.69, 9.17) is 30.5 Å². The van der Waals surface area contributed by atoms with Crippen molar-refractivity contribution < 1.29 is 61.8 Å². The number of nitrogens with one attached hydrogen (secondary N) is 6. The second-order valence-electron chi connectivity index (χ2n) is 16.8. The minimum Gasteiger partial charge on any atom is -0.506 e. The number of anilines is 6. The number of phenolic OH excluding ortho intramolecular Hbond substituents is 3. The molecule has 6 amide bonds. The van der Waals surface area contributed by atoms with Gasteiger partial charge >= 0.3 is 24.3 Å². The van der Waals surface area contributed by atoms with Gasteiger partial charge in [0.2, 0.25) is 0 Å². The van der Waals surface area contributed by atoms with Gasteiger partial charge in [0, 0.05) is 17.7 Å². The second kappa shape index (κ2) is 26.1. The van der Waals surface area contributed by atoms with Gasteiger partial charge in [-0.25, -0.2) is 14.4 Å². The van der Waals surface area contributed by atoms with E-state index >= 15 is 0 Å². The van der Waals surface area contributed by atoms with Gasteiger partial charge in [-0.1, -0.05) is 98.2 Å². The van der Waals surface area contributed by atoms with Crippen molar-refractivity contribution in [2.24, 2.45) is 0 Å². The first-order valence-electron chi connectivity index (χ1n) is 23.3. The van der Waals surface area contributed by atoms with Gasteiger partial charge in [-0.2, -0.15) is 13.2 Å². The first-order valence-corrected chi connectivity index (χ1v) is 23.6. The molecule has 0 saturated heterocycles. The number of hydrogen-bond donors (Lipinski definition) is 9. The highest BCUT2D eigenvalue weighted by Gasteiger charge is 2.31. The number of carbonyl (C=O) groups excluding carboxylic acids is 3. The number of carbonyl (C=O) groups is 3. The van der Waals surface area contributed by atoms with E-state index in [1.165, 1.54) is 20.3 Å². The third-order valence-corrected chi connectivity index (χ3v) is 11.6. The number of phenols is 3. The lowest BCUT2D eigenvalue weighted by Crippen LogP contribution is -2.20. The van der Waals surface area contributed by atoms with Gasteiger partial charge in [0.25, 0.3) is 0 Å². The lowest BCUT2D eigenvalue weighted by molar-refractivity contribution is -0.137. The van der Waals surface area contributed by atoms with E-state index in [1.54, 1.807) is 111 Å². The summed E-state index contributed by atoms with van der Waals surface area (Å²) in [5, 5.41) is 47.4. The maximum Gasteiger partial charge on any atom is 0.416 e. The normalized spacial score (nSPS) is 10.6. The highest BCUT2D eigenvalue weighted by Crippen LogP contribution is 2.38. The Morgan fingerprint density at radius 2 is 0.974 bits per heavy atom. The number of para-hydroxylation sites is 1. The molecule has 0 heterocycles. The number of hydrogen-bond acceptors (Lipinski definition) is 10. The predicted octanol–water partition coefficient (Wildman–Crippen LogP) is 14.8. The predicted molar refractivity (Wildman–Crippen MR) is 295 cm³/mol. The van der Waals surface area contributed by atoms with Crippen LogP contribution in [0.1, 0.15) is 30.9 Å². The summed E-state index contributed by atoms with van der Waals surface area (Å²) in [4.78, 5) is 36.6. The third-order valence-electron chi connectivity index (χ3n) is 11.3. The Hall–Kier alpha value is -9.49. The van der Waals surface area contributed by atoms with Crippen molar-refractivity contribution in [1.29, 1.82) is 0 Å². The monoisotopic (exact) mass is 1070 g/mol. The maximum absolute atomic E-state index is 12.8. The molecule has 0 radical (unpaired) electrons. The molecule has 0 spiro atoms. The third kappa shape index (κ3) is 15.5. The molecule has 8 aromatic rings. The lowest BCUT2D eigenvalue weighted by Gasteiger charge is -2.14. The Morgan fingerprint density at radius 3 is 1.51 bits per heavy atom. The van der Waals surface area contributed by atoms with E-state index < -0.39 is 29.8 Å². The minimum atomic E-state index is -4.56. The molecule has 0 bridgehead atoms. The first kappa shape index (κ1) is 56.8.